The van der Waals surface area contributed by atoms with Gasteiger partial charge in [-0.3, -0.25) is 4.79 Å². The minimum Gasteiger partial charge on any atom is -0.361 e. The summed E-state index contributed by atoms with van der Waals surface area (Å²) in [6.45, 7) is 5.92. The number of fused-ring (bicyclic) bond motifs is 1. The molecule has 3 rings (SSSR count). The van der Waals surface area contributed by atoms with E-state index >= 15 is 0 Å². The Morgan fingerprint density at radius 2 is 1.84 bits per heavy atom. The molecule has 1 heterocycles. The van der Waals surface area contributed by atoms with Crippen molar-refractivity contribution in [2.24, 2.45) is 0 Å². The average Bonchev–Trinajstić information content (AvgIpc) is 2.98. The SMILES string of the molecule is Cc1cc(C)c(NC(=O)/C(C#N)=C/c2c[nH]c3ccccc23)c(C)c1. The third kappa shape index (κ3) is 3.31. The van der Waals surface area contributed by atoms with E-state index in [0.29, 0.717) is 0 Å². The number of aryl methyl sites for hydroxylation is 3. The van der Waals surface area contributed by atoms with E-state index in [4.69, 9.17) is 0 Å². The fourth-order valence-corrected chi connectivity index (χ4v) is 3.08. The number of nitriles is 1. The third-order valence-electron chi connectivity index (χ3n) is 4.20. The van der Waals surface area contributed by atoms with Crippen molar-refractivity contribution >= 4 is 28.6 Å². The van der Waals surface area contributed by atoms with Crippen LogP contribution in [0.15, 0.2) is 48.2 Å². The lowest BCUT2D eigenvalue weighted by Gasteiger charge is -2.12. The largest absolute Gasteiger partial charge is 0.361 e. The number of amides is 1. The Kier molecular flexibility index (Phi) is 4.40. The molecule has 0 radical (unpaired) electrons. The topological polar surface area (TPSA) is 68.7 Å². The van der Waals surface area contributed by atoms with Gasteiger partial charge in [-0.1, -0.05) is 35.9 Å². The summed E-state index contributed by atoms with van der Waals surface area (Å²) in [5, 5.41) is 13.3. The Labute approximate surface area is 146 Å². The van der Waals surface area contributed by atoms with E-state index in [1.807, 2.05) is 63.2 Å². The Hall–Kier alpha value is -3.32. The van der Waals surface area contributed by atoms with Gasteiger partial charge in [-0.05, 0) is 44.0 Å². The van der Waals surface area contributed by atoms with Crippen LogP contribution in [-0.4, -0.2) is 10.9 Å². The highest BCUT2D eigenvalue weighted by atomic mass is 16.1. The smallest absolute Gasteiger partial charge is 0.266 e. The summed E-state index contributed by atoms with van der Waals surface area (Å²) < 4.78 is 0. The Bertz CT molecular complexity index is 1010. The predicted molar refractivity (Wildman–Crippen MR) is 101 cm³/mol. The van der Waals surface area contributed by atoms with E-state index < -0.39 is 5.91 Å². The van der Waals surface area contributed by atoms with Gasteiger partial charge in [0.15, 0.2) is 0 Å². The lowest BCUT2D eigenvalue weighted by Crippen LogP contribution is -2.15. The van der Waals surface area contributed by atoms with E-state index in [0.717, 1.165) is 38.8 Å². The Morgan fingerprint density at radius 1 is 1.16 bits per heavy atom. The van der Waals surface area contributed by atoms with Gasteiger partial charge >= 0.3 is 0 Å². The van der Waals surface area contributed by atoms with E-state index in [1.54, 1.807) is 12.3 Å². The quantitative estimate of drug-likeness (QED) is 0.543. The molecule has 0 aliphatic heterocycles. The van der Waals surface area contributed by atoms with Crippen LogP contribution in [-0.2, 0) is 4.79 Å². The molecule has 1 amide bonds. The normalized spacial score (nSPS) is 11.4. The molecule has 2 aromatic carbocycles. The zero-order chi connectivity index (χ0) is 18.0. The molecule has 25 heavy (non-hydrogen) atoms. The average molecular weight is 329 g/mol. The number of hydrogen-bond acceptors (Lipinski definition) is 2. The second-order valence-electron chi connectivity index (χ2n) is 6.19. The van der Waals surface area contributed by atoms with Gasteiger partial charge in [0.1, 0.15) is 11.6 Å². The summed E-state index contributed by atoms with van der Waals surface area (Å²) in [4.78, 5) is 15.7. The summed E-state index contributed by atoms with van der Waals surface area (Å²) in [5.41, 5.74) is 5.73. The molecule has 4 nitrogen and oxygen atoms in total. The second kappa shape index (κ2) is 6.66. The van der Waals surface area contributed by atoms with Crippen molar-refractivity contribution in [3.05, 3.63) is 70.4 Å². The van der Waals surface area contributed by atoms with Gasteiger partial charge in [0.05, 0.1) is 0 Å². The lowest BCUT2D eigenvalue weighted by molar-refractivity contribution is -0.112. The van der Waals surface area contributed by atoms with Gasteiger partial charge in [-0.2, -0.15) is 5.26 Å². The zero-order valence-corrected chi connectivity index (χ0v) is 14.5. The van der Waals surface area contributed by atoms with Crippen molar-refractivity contribution in [3.63, 3.8) is 0 Å². The number of benzene rings is 2. The van der Waals surface area contributed by atoms with Crippen LogP contribution in [0, 0.1) is 32.1 Å². The number of nitrogens with zero attached hydrogens (tertiary/aromatic N) is 1. The number of H-pyrrole nitrogens is 1. The van der Waals surface area contributed by atoms with E-state index in [2.05, 4.69) is 10.3 Å². The number of carbonyl (C=O) groups excluding carboxylic acids is 1. The molecule has 0 unspecified atom stereocenters. The first-order valence-electron chi connectivity index (χ1n) is 8.06. The predicted octanol–water partition coefficient (Wildman–Crippen LogP) is 4.64. The first kappa shape index (κ1) is 16.5. The number of aromatic amines is 1. The molecule has 0 aliphatic rings. The number of anilines is 1. The Balaban J connectivity index is 1.94. The fourth-order valence-electron chi connectivity index (χ4n) is 3.08. The highest BCUT2D eigenvalue weighted by Crippen LogP contribution is 2.24. The molecule has 0 aliphatic carbocycles. The van der Waals surface area contributed by atoms with E-state index in [-0.39, 0.29) is 5.57 Å². The molecule has 0 saturated heterocycles. The molecule has 0 atom stereocenters. The fraction of sp³-hybridized carbons (Fsp3) is 0.143. The van der Waals surface area contributed by atoms with Crippen LogP contribution < -0.4 is 5.32 Å². The summed E-state index contributed by atoms with van der Waals surface area (Å²) >= 11 is 0. The lowest BCUT2D eigenvalue weighted by atomic mass is 10.0. The third-order valence-corrected chi connectivity index (χ3v) is 4.20. The highest BCUT2D eigenvalue weighted by molar-refractivity contribution is 6.11. The number of aromatic nitrogens is 1. The maximum atomic E-state index is 12.6. The number of nitrogens with one attached hydrogen (secondary N) is 2. The van der Waals surface area contributed by atoms with Gasteiger partial charge in [0.2, 0.25) is 0 Å². The first-order chi connectivity index (χ1) is 12.0. The summed E-state index contributed by atoms with van der Waals surface area (Å²) in [6.07, 6.45) is 3.42. The van der Waals surface area contributed by atoms with Gasteiger partial charge in [-0.15, -0.1) is 0 Å². The highest BCUT2D eigenvalue weighted by Gasteiger charge is 2.13. The molecule has 0 spiro atoms. The van der Waals surface area contributed by atoms with Crippen LogP contribution in [0.25, 0.3) is 17.0 Å². The molecule has 2 N–H and O–H groups in total. The zero-order valence-electron chi connectivity index (χ0n) is 14.5. The van der Waals surface area contributed by atoms with Crippen LogP contribution >= 0.6 is 0 Å². The molecule has 1 aromatic heterocycles. The summed E-state index contributed by atoms with van der Waals surface area (Å²) in [6, 6.07) is 13.8. The first-order valence-corrected chi connectivity index (χ1v) is 8.06. The van der Waals surface area contributed by atoms with Gasteiger partial charge in [-0.25, -0.2) is 0 Å². The summed E-state index contributed by atoms with van der Waals surface area (Å²) in [7, 11) is 0. The molecular weight excluding hydrogens is 310 g/mol. The van der Waals surface area contributed by atoms with Crippen molar-refractivity contribution in [1.82, 2.24) is 4.98 Å². The van der Waals surface area contributed by atoms with Crippen molar-refractivity contribution in [2.75, 3.05) is 5.32 Å². The number of hydrogen-bond donors (Lipinski definition) is 2. The van der Waals surface area contributed by atoms with Gasteiger partial charge in [0, 0.05) is 28.4 Å². The van der Waals surface area contributed by atoms with Crippen LogP contribution in [0.3, 0.4) is 0 Å². The van der Waals surface area contributed by atoms with Crippen molar-refractivity contribution in [3.8, 4) is 6.07 Å². The molecule has 4 heteroatoms. The molecule has 0 saturated carbocycles. The van der Waals surface area contributed by atoms with Crippen molar-refractivity contribution in [2.45, 2.75) is 20.8 Å². The van der Waals surface area contributed by atoms with Crippen molar-refractivity contribution < 1.29 is 4.79 Å². The van der Waals surface area contributed by atoms with Crippen LogP contribution in [0.5, 0.6) is 0 Å². The molecule has 0 fully saturated rings. The second-order valence-corrected chi connectivity index (χ2v) is 6.19. The van der Waals surface area contributed by atoms with Crippen LogP contribution in [0.1, 0.15) is 22.3 Å². The van der Waals surface area contributed by atoms with E-state index in [9.17, 15) is 10.1 Å². The van der Waals surface area contributed by atoms with Gasteiger partial charge in [0.25, 0.3) is 5.91 Å². The van der Waals surface area contributed by atoms with E-state index in [1.165, 1.54) is 0 Å². The number of rotatable bonds is 3. The molecule has 0 bridgehead atoms. The summed E-state index contributed by atoms with van der Waals surface area (Å²) in [5.74, 6) is -0.400. The minimum atomic E-state index is -0.400. The minimum absolute atomic E-state index is 0.0733. The molecular formula is C21H19N3O. The van der Waals surface area contributed by atoms with Crippen LogP contribution in [0.4, 0.5) is 5.69 Å². The number of para-hydroxylation sites is 1. The molecule has 3 aromatic rings. The number of carbonyl (C=O) groups is 1. The monoisotopic (exact) mass is 329 g/mol. The maximum absolute atomic E-state index is 12.6. The van der Waals surface area contributed by atoms with Gasteiger partial charge < -0.3 is 10.3 Å². The Morgan fingerprint density at radius 3 is 2.52 bits per heavy atom. The van der Waals surface area contributed by atoms with Crippen LogP contribution in [0.2, 0.25) is 0 Å². The molecule has 124 valence electrons. The standard InChI is InChI=1S/C21H19N3O/c1-13-8-14(2)20(15(3)9-13)24-21(25)16(11-22)10-17-12-23-19-7-5-4-6-18(17)19/h4-10,12,23H,1-3H3,(H,24,25)/b16-10+. The maximum Gasteiger partial charge on any atom is 0.266 e. The van der Waals surface area contributed by atoms with Crippen molar-refractivity contribution in [1.29, 1.82) is 5.26 Å².